The lowest BCUT2D eigenvalue weighted by Crippen LogP contribution is -2.38. The Morgan fingerprint density at radius 3 is 2.63 bits per heavy atom. The predicted molar refractivity (Wildman–Crippen MR) is 110 cm³/mol. The van der Waals surface area contributed by atoms with Crippen LogP contribution < -0.4 is 10.6 Å². The summed E-state index contributed by atoms with van der Waals surface area (Å²) in [6, 6.07) is 8.92. The Kier molecular flexibility index (Phi) is 8.48. The highest BCUT2D eigenvalue weighted by Gasteiger charge is 2.05. The maximum atomic E-state index is 13.9. The highest BCUT2D eigenvalue weighted by molar-refractivity contribution is 6.29. The van der Waals surface area contributed by atoms with Crippen molar-refractivity contribution in [2.75, 3.05) is 27.2 Å². The predicted octanol–water partition coefficient (Wildman–Crippen LogP) is 3.23. The second-order valence-electron chi connectivity index (χ2n) is 6.52. The number of guanidine groups is 1. The van der Waals surface area contributed by atoms with Crippen LogP contribution in [0.5, 0.6) is 0 Å². The fourth-order valence-electron chi connectivity index (χ4n) is 2.58. The number of pyridine rings is 1. The van der Waals surface area contributed by atoms with Crippen LogP contribution in [0, 0.1) is 5.82 Å². The van der Waals surface area contributed by atoms with Crippen molar-refractivity contribution in [1.82, 2.24) is 20.5 Å². The van der Waals surface area contributed by atoms with Gasteiger partial charge in [-0.25, -0.2) is 14.4 Å². The van der Waals surface area contributed by atoms with E-state index in [0.717, 1.165) is 36.6 Å². The monoisotopic (exact) mass is 391 g/mol. The molecule has 1 aromatic heterocycles. The van der Waals surface area contributed by atoms with Crippen LogP contribution in [0.3, 0.4) is 0 Å². The van der Waals surface area contributed by atoms with Gasteiger partial charge >= 0.3 is 0 Å². The largest absolute Gasteiger partial charge is 0.357 e. The van der Waals surface area contributed by atoms with E-state index in [1.807, 2.05) is 38.1 Å². The number of halogens is 2. The van der Waals surface area contributed by atoms with Gasteiger partial charge in [-0.05, 0) is 56.8 Å². The number of hydrogen-bond acceptors (Lipinski definition) is 3. The third kappa shape index (κ3) is 7.53. The van der Waals surface area contributed by atoms with Crippen LogP contribution >= 0.6 is 11.6 Å². The number of benzene rings is 1. The molecule has 1 heterocycles. The second kappa shape index (κ2) is 10.8. The van der Waals surface area contributed by atoms with Gasteiger partial charge in [-0.3, -0.25) is 0 Å². The average molecular weight is 392 g/mol. The first-order valence-electron chi connectivity index (χ1n) is 9.02. The third-order valence-corrected chi connectivity index (χ3v) is 4.08. The summed E-state index contributed by atoms with van der Waals surface area (Å²) in [4.78, 5) is 10.6. The summed E-state index contributed by atoms with van der Waals surface area (Å²) in [5.74, 6) is 0.552. The van der Waals surface area contributed by atoms with E-state index < -0.39 is 0 Å². The molecule has 0 bridgehead atoms. The van der Waals surface area contributed by atoms with Gasteiger partial charge in [0, 0.05) is 31.4 Å². The SMILES string of the molecule is CCNC(=NCc1ccc(F)c(CN(C)C)c1)NCCc1ccc(Cl)nc1. The van der Waals surface area contributed by atoms with E-state index in [0.29, 0.717) is 23.8 Å². The fourth-order valence-corrected chi connectivity index (χ4v) is 2.69. The lowest BCUT2D eigenvalue weighted by atomic mass is 10.1. The second-order valence-corrected chi connectivity index (χ2v) is 6.91. The summed E-state index contributed by atoms with van der Waals surface area (Å²) >= 11 is 5.80. The molecular weight excluding hydrogens is 365 g/mol. The normalized spacial score (nSPS) is 11.7. The Labute approximate surface area is 165 Å². The Bertz CT molecular complexity index is 747. The topological polar surface area (TPSA) is 52.6 Å². The van der Waals surface area contributed by atoms with Gasteiger partial charge in [0.05, 0.1) is 6.54 Å². The summed E-state index contributed by atoms with van der Waals surface area (Å²) in [6.07, 6.45) is 2.59. The van der Waals surface area contributed by atoms with E-state index in [-0.39, 0.29) is 5.82 Å². The Morgan fingerprint density at radius 1 is 1.19 bits per heavy atom. The Hall–Kier alpha value is -2.18. The highest BCUT2D eigenvalue weighted by atomic mass is 35.5. The molecule has 2 rings (SSSR count). The molecule has 1 aromatic carbocycles. The summed E-state index contributed by atoms with van der Waals surface area (Å²) in [6.45, 7) is 4.57. The molecule has 0 aliphatic carbocycles. The minimum atomic E-state index is -0.182. The standard InChI is InChI=1S/C20H27ClFN5/c1-4-23-20(24-10-9-15-6-8-19(21)25-12-15)26-13-16-5-7-18(22)17(11-16)14-27(2)3/h5-8,11-12H,4,9-10,13-14H2,1-3H3,(H2,23,24,26). The molecule has 0 radical (unpaired) electrons. The molecule has 0 aliphatic heterocycles. The average Bonchev–Trinajstić information content (AvgIpc) is 2.63. The van der Waals surface area contributed by atoms with Gasteiger partial charge in [0.25, 0.3) is 0 Å². The van der Waals surface area contributed by atoms with Gasteiger partial charge in [-0.1, -0.05) is 23.7 Å². The molecule has 0 amide bonds. The number of aromatic nitrogens is 1. The molecule has 146 valence electrons. The molecule has 2 N–H and O–H groups in total. The zero-order valence-electron chi connectivity index (χ0n) is 16.1. The van der Waals surface area contributed by atoms with E-state index in [1.165, 1.54) is 6.07 Å². The van der Waals surface area contributed by atoms with E-state index in [4.69, 9.17) is 11.6 Å². The van der Waals surface area contributed by atoms with Crippen molar-refractivity contribution in [3.63, 3.8) is 0 Å². The number of hydrogen-bond donors (Lipinski definition) is 2. The first-order valence-corrected chi connectivity index (χ1v) is 9.40. The van der Waals surface area contributed by atoms with E-state index in [9.17, 15) is 4.39 Å². The van der Waals surface area contributed by atoms with Crippen molar-refractivity contribution < 1.29 is 4.39 Å². The summed E-state index contributed by atoms with van der Waals surface area (Å²) in [5, 5.41) is 7.03. The maximum Gasteiger partial charge on any atom is 0.191 e. The smallest absolute Gasteiger partial charge is 0.191 e. The molecule has 0 saturated carbocycles. The lowest BCUT2D eigenvalue weighted by Gasteiger charge is -2.13. The van der Waals surface area contributed by atoms with E-state index >= 15 is 0 Å². The van der Waals surface area contributed by atoms with Crippen molar-refractivity contribution in [3.8, 4) is 0 Å². The summed E-state index contributed by atoms with van der Waals surface area (Å²) in [7, 11) is 3.85. The van der Waals surface area contributed by atoms with Gasteiger partial charge in [0.15, 0.2) is 5.96 Å². The molecule has 2 aromatic rings. The number of aliphatic imine (C=N–C) groups is 1. The van der Waals surface area contributed by atoms with Gasteiger partial charge in [0.1, 0.15) is 11.0 Å². The van der Waals surface area contributed by atoms with Crippen LogP contribution in [-0.2, 0) is 19.5 Å². The first kappa shape index (κ1) is 21.1. The van der Waals surface area contributed by atoms with Gasteiger partial charge in [0.2, 0.25) is 0 Å². The minimum Gasteiger partial charge on any atom is -0.357 e. The maximum absolute atomic E-state index is 13.9. The molecule has 0 unspecified atom stereocenters. The van der Waals surface area contributed by atoms with Crippen molar-refractivity contribution in [2.45, 2.75) is 26.4 Å². The molecule has 27 heavy (non-hydrogen) atoms. The number of rotatable bonds is 8. The van der Waals surface area contributed by atoms with Gasteiger partial charge < -0.3 is 15.5 Å². The van der Waals surface area contributed by atoms with Crippen LogP contribution in [0.2, 0.25) is 5.15 Å². The fraction of sp³-hybridized carbons (Fsp3) is 0.400. The van der Waals surface area contributed by atoms with Gasteiger partial charge in [-0.15, -0.1) is 0 Å². The summed E-state index contributed by atoms with van der Waals surface area (Å²) < 4.78 is 13.9. The molecule has 5 nitrogen and oxygen atoms in total. The van der Waals surface area contributed by atoms with Crippen LogP contribution in [0.1, 0.15) is 23.6 Å². The summed E-state index contributed by atoms with van der Waals surface area (Å²) in [5.41, 5.74) is 2.77. The minimum absolute atomic E-state index is 0.182. The molecule has 0 atom stereocenters. The van der Waals surface area contributed by atoms with Crippen LogP contribution in [-0.4, -0.2) is 43.0 Å². The molecule has 7 heteroatoms. The zero-order valence-corrected chi connectivity index (χ0v) is 16.9. The molecule has 0 spiro atoms. The molecule has 0 fully saturated rings. The first-order chi connectivity index (χ1) is 13.0. The molecule has 0 aliphatic rings. The van der Waals surface area contributed by atoms with Crippen molar-refractivity contribution >= 4 is 17.6 Å². The Morgan fingerprint density at radius 2 is 1.96 bits per heavy atom. The van der Waals surface area contributed by atoms with Crippen molar-refractivity contribution in [1.29, 1.82) is 0 Å². The highest BCUT2D eigenvalue weighted by Crippen LogP contribution is 2.13. The van der Waals surface area contributed by atoms with Crippen LogP contribution in [0.25, 0.3) is 0 Å². The molecule has 0 saturated heterocycles. The van der Waals surface area contributed by atoms with Gasteiger partial charge in [-0.2, -0.15) is 0 Å². The third-order valence-electron chi connectivity index (χ3n) is 3.86. The number of nitrogens with zero attached hydrogens (tertiary/aromatic N) is 3. The number of nitrogens with one attached hydrogen (secondary N) is 2. The zero-order chi connectivity index (χ0) is 19.6. The van der Waals surface area contributed by atoms with Crippen LogP contribution in [0.4, 0.5) is 4.39 Å². The Balaban J connectivity index is 1.95. The lowest BCUT2D eigenvalue weighted by molar-refractivity contribution is 0.392. The van der Waals surface area contributed by atoms with Crippen molar-refractivity contribution in [2.24, 2.45) is 4.99 Å². The quantitative estimate of drug-likeness (QED) is 0.412. The van der Waals surface area contributed by atoms with Crippen LogP contribution in [0.15, 0.2) is 41.5 Å². The van der Waals surface area contributed by atoms with E-state index in [2.05, 4.69) is 20.6 Å². The molecular formula is C20H27ClFN5. The van der Waals surface area contributed by atoms with Crippen molar-refractivity contribution in [3.05, 3.63) is 64.2 Å². The van der Waals surface area contributed by atoms with E-state index in [1.54, 1.807) is 18.3 Å².